The Morgan fingerprint density at radius 3 is 2.77 bits per heavy atom. The summed E-state index contributed by atoms with van der Waals surface area (Å²) in [6, 6.07) is 6.46. The first-order chi connectivity index (χ1) is 16.6. The third kappa shape index (κ3) is 5.56. The molecule has 1 N–H and O–H groups in total. The van der Waals surface area contributed by atoms with Gasteiger partial charge in [0.1, 0.15) is 23.5 Å². The van der Waals surface area contributed by atoms with Gasteiger partial charge in [0.05, 0.1) is 12.1 Å². The number of carbonyl (C=O) groups excluding carboxylic acids is 3. The van der Waals surface area contributed by atoms with Crippen LogP contribution in [-0.4, -0.2) is 82.0 Å². The first-order valence-corrected chi connectivity index (χ1v) is 12.0. The Kier molecular flexibility index (Phi) is 6.99. The molecule has 3 heterocycles. The summed E-state index contributed by atoms with van der Waals surface area (Å²) in [4.78, 5) is 44.2. The first kappa shape index (κ1) is 24.9. The number of hydrogen-bond donors (Lipinski definition) is 1. The highest BCUT2D eigenvalue weighted by molar-refractivity contribution is 5.88. The van der Waals surface area contributed by atoms with Crippen LogP contribution in [0.4, 0.5) is 9.18 Å². The minimum absolute atomic E-state index is 0.0494. The van der Waals surface area contributed by atoms with Gasteiger partial charge >= 0.3 is 6.09 Å². The summed E-state index contributed by atoms with van der Waals surface area (Å²) >= 11 is 0. The predicted octanol–water partition coefficient (Wildman–Crippen LogP) is 2.02. The van der Waals surface area contributed by atoms with Crippen LogP contribution in [0.2, 0.25) is 0 Å². The molecule has 3 fully saturated rings. The Morgan fingerprint density at radius 1 is 1.34 bits per heavy atom. The number of benzene rings is 1. The van der Waals surface area contributed by atoms with Crippen LogP contribution >= 0.6 is 0 Å². The average molecular weight is 486 g/mol. The standard InChI is InChI=1S/C25H32FN5O4/c1-25(2,3)35-24(34)28-20(22(32)30-9-5-8-18(30)12-27)15-29-14-19-11-21(29)23(33)31(19)13-16-6-4-7-17(26)10-16/h4,6-7,10,18-21H,5,8-9,11,13-15H2,1-3H3,(H,28,34)/t18?,19-,20?,21-/m0/s1. The second-order valence-electron chi connectivity index (χ2n) is 10.5. The molecular formula is C25H32FN5O4. The molecule has 3 aliphatic rings. The largest absolute Gasteiger partial charge is 0.444 e. The summed E-state index contributed by atoms with van der Waals surface area (Å²) in [5.41, 5.74) is -0.00525. The number of fused-ring (bicyclic) bond motifs is 2. The van der Waals surface area contributed by atoms with Gasteiger partial charge in [0, 0.05) is 32.2 Å². The second-order valence-corrected chi connectivity index (χ2v) is 10.5. The molecule has 0 radical (unpaired) electrons. The number of nitrogens with zero attached hydrogens (tertiary/aromatic N) is 4. The molecule has 0 spiro atoms. The molecule has 2 bridgehead atoms. The SMILES string of the molecule is CC(C)(C)OC(=O)NC(CN1C[C@@H]2C[C@H]1C(=O)N2Cc1cccc(F)c1)C(=O)N1CCCC1C#N. The predicted molar refractivity (Wildman–Crippen MR) is 124 cm³/mol. The normalized spacial score (nSPS) is 25.0. The van der Waals surface area contributed by atoms with E-state index in [9.17, 15) is 24.0 Å². The van der Waals surface area contributed by atoms with E-state index in [-0.39, 0.29) is 30.2 Å². The van der Waals surface area contributed by atoms with E-state index >= 15 is 0 Å². The van der Waals surface area contributed by atoms with Gasteiger partial charge in [0.25, 0.3) is 0 Å². The Morgan fingerprint density at radius 2 is 2.11 bits per heavy atom. The molecule has 188 valence electrons. The Balaban J connectivity index is 1.45. The van der Waals surface area contributed by atoms with Crippen molar-refractivity contribution in [2.45, 2.75) is 76.3 Å². The first-order valence-electron chi connectivity index (χ1n) is 12.0. The minimum Gasteiger partial charge on any atom is -0.444 e. The number of ether oxygens (including phenoxy) is 1. The number of rotatable bonds is 6. The van der Waals surface area contributed by atoms with E-state index in [1.54, 1.807) is 37.8 Å². The number of amides is 3. The number of nitrogens with one attached hydrogen (secondary N) is 1. The highest BCUT2D eigenvalue weighted by atomic mass is 19.1. The zero-order valence-electron chi connectivity index (χ0n) is 20.4. The van der Waals surface area contributed by atoms with Crippen LogP contribution in [0.1, 0.15) is 45.6 Å². The van der Waals surface area contributed by atoms with Crippen LogP contribution in [0.3, 0.4) is 0 Å². The van der Waals surface area contributed by atoms with Gasteiger partial charge in [-0.3, -0.25) is 14.5 Å². The number of carbonyl (C=O) groups is 3. The van der Waals surface area contributed by atoms with Crippen LogP contribution in [0.15, 0.2) is 24.3 Å². The molecule has 0 aliphatic carbocycles. The smallest absolute Gasteiger partial charge is 0.408 e. The number of piperazine rings is 1. The van der Waals surface area contributed by atoms with E-state index in [4.69, 9.17) is 4.74 Å². The van der Waals surface area contributed by atoms with E-state index < -0.39 is 29.8 Å². The fraction of sp³-hybridized carbons (Fsp3) is 0.600. The van der Waals surface area contributed by atoms with E-state index in [2.05, 4.69) is 11.4 Å². The van der Waals surface area contributed by atoms with Gasteiger partial charge in [-0.1, -0.05) is 12.1 Å². The summed E-state index contributed by atoms with van der Waals surface area (Å²) in [5, 5.41) is 12.1. The quantitative estimate of drug-likeness (QED) is 0.661. The Labute approximate surface area is 204 Å². The lowest BCUT2D eigenvalue weighted by Crippen LogP contribution is -2.58. The molecule has 2 unspecified atom stereocenters. The molecule has 35 heavy (non-hydrogen) atoms. The fourth-order valence-electron chi connectivity index (χ4n) is 5.21. The maximum absolute atomic E-state index is 13.6. The summed E-state index contributed by atoms with van der Waals surface area (Å²) in [5.74, 6) is -0.745. The second kappa shape index (κ2) is 9.82. The lowest BCUT2D eigenvalue weighted by atomic mass is 10.1. The molecule has 1 aromatic carbocycles. The highest BCUT2D eigenvalue weighted by Gasteiger charge is 2.50. The van der Waals surface area contributed by atoms with Crippen LogP contribution in [0.5, 0.6) is 0 Å². The van der Waals surface area contributed by atoms with Crippen LogP contribution in [0, 0.1) is 17.1 Å². The molecule has 3 amide bonds. The van der Waals surface area contributed by atoms with Crippen molar-refractivity contribution in [1.29, 1.82) is 5.26 Å². The molecule has 0 saturated carbocycles. The maximum atomic E-state index is 13.6. The fourth-order valence-corrected chi connectivity index (χ4v) is 5.21. The van der Waals surface area contributed by atoms with E-state index in [1.165, 1.54) is 17.0 Å². The molecule has 3 aliphatic heterocycles. The summed E-state index contributed by atoms with van der Waals surface area (Å²) in [6.07, 6.45) is 1.23. The molecule has 1 aromatic rings. The molecule has 4 rings (SSSR count). The zero-order valence-corrected chi connectivity index (χ0v) is 20.4. The van der Waals surface area contributed by atoms with Gasteiger partial charge in [-0.2, -0.15) is 5.26 Å². The van der Waals surface area contributed by atoms with Gasteiger partial charge in [-0.25, -0.2) is 9.18 Å². The Hall–Kier alpha value is -3.19. The number of nitriles is 1. The monoisotopic (exact) mass is 485 g/mol. The van der Waals surface area contributed by atoms with Crippen molar-refractivity contribution in [2.24, 2.45) is 0 Å². The number of hydrogen-bond acceptors (Lipinski definition) is 6. The summed E-state index contributed by atoms with van der Waals surface area (Å²) in [6.45, 7) is 6.70. The lowest BCUT2D eigenvalue weighted by molar-refractivity contribution is -0.140. The van der Waals surface area contributed by atoms with Gasteiger partial charge < -0.3 is 19.9 Å². The number of halogens is 1. The van der Waals surface area contributed by atoms with E-state index in [0.29, 0.717) is 32.5 Å². The number of alkyl carbamates (subject to hydrolysis) is 1. The average Bonchev–Trinajstić information content (AvgIpc) is 3.48. The molecule has 3 saturated heterocycles. The van der Waals surface area contributed by atoms with Crippen molar-refractivity contribution in [1.82, 2.24) is 20.0 Å². The lowest BCUT2D eigenvalue weighted by Gasteiger charge is -2.36. The van der Waals surface area contributed by atoms with Gasteiger partial charge in [-0.05, 0) is 57.7 Å². The van der Waals surface area contributed by atoms with Gasteiger partial charge in [-0.15, -0.1) is 0 Å². The van der Waals surface area contributed by atoms with Crippen molar-refractivity contribution in [3.63, 3.8) is 0 Å². The van der Waals surface area contributed by atoms with Crippen molar-refractivity contribution < 1.29 is 23.5 Å². The summed E-state index contributed by atoms with van der Waals surface area (Å²) in [7, 11) is 0. The third-order valence-corrected chi connectivity index (χ3v) is 6.72. The highest BCUT2D eigenvalue weighted by Crippen LogP contribution is 2.33. The molecule has 4 atom stereocenters. The molecule has 9 nitrogen and oxygen atoms in total. The molecular weight excluding hydrogens is 453 g/mol. The van der Waals surface area contributed by atoms with Gasteiger partial charge in [0.15, 0.2) is 0 Å². The van der Waals surface area contributed by atoms with Gasteiger partial charge in [0.2, 0.25) is 11.8 Å². The van der Waals surface area contributed by atoms with Crippen molar-refractivity contribution in [3.05, 3.63) is 35.6 Å². The van der Waals surface area contributed by atoms with E-state index in [1.807, 2.05) is 4.90 Å². The molecule has 0 aromatic heterocycles. The summed E-state index contributed by atoms with van der Waals surface area (Å²) < 4.78 is 18.9. The van der Waals surface area contributed by atoms with Crippen LogP contribution < -0.4 is 5.32 Å². The third-order valence-electron chi connectivity index (χ3n) is 6.72. The van der Waals surface area contributed by atoms with Crippen molar-refractivity contribution >= 4 is 17.9 Å². The Bertz CT molecular complexity index is 1040. The van der Waals surface area contributed by atoms with Crippen LogP contribution in [-0.2, 0) is 20.9 Å². The van der Waals surface area contributed by atoms with Crippen molar-refractivity contribution in [2.75, 3.05) is 19.6 Å². The maximum Gasteiger partial charge on any atom is 0.408 e. The molecule has 10 heteroatoms. The van der Waals surface area contributed by atoms with E-state index in [0.717, 1.165) is 12.0 Å². The number of likely N-dealkylation sites (tertiary alicyclic amines) is 3. The van der Waals surface area contributed by atoms with Crippen LogP contribution in [0.25, 0.3) is 0 Å². The van der Waals surface area contributed by atoms with Crippen molar-refractivity contribution in [3.8, 4) is 6.07 Å². The minimum atomic E-state index is -0.942. The topological polar surface area (TPSA) is 106 Å². The zero-order chi connectivity index (χ0) is 25.3.